The van der Waals surface area contributed by atoms with E-state index in [-0.39, 0.29) is 11.4 Å². The molecule has 1 N–H and O–H groups in total. The Kier molecular flexibility index (Phi) is 5.24. The minimum Gasteiger partial charge on any atom is -0.308 e. The summed E-state index contributed by atoms with van der Waals surface area (Å²) >= 11 is 0. The van der Waals surface area contributed by atoms with E-state index in [0.717, 1.165) is 6.92 Å². The van der Waals surface area contributed by atoms with Gasteiger partial charge in [0.2, 0.25) is 11.6 Å². The summed E-state index contributed by atoms with van der Waals surface area (Å²) in [5.74, 6) is -0.845. The molecule has 0 radical (unpaired) electrons. The van der Waals surface area contributed by atoms with E-state index in [1.165, 1.54) is 10.9 Å². The molecule has 0 bridgehead atoms. The second kappa shape index (κ2) is 7.66. The fraction of sp³-hybridized carbons (Fsp3) is 0.176. The number of nitro groups is 1. The molecule has 2 heterocycles. The summed E-state index contributed by atoms with van der Waals surface area (Å²) in [4.78, 5) is 22.3. The number of para-hydroxylation sites is 1. The average Bonchev–Trinajstić information content (AvgIpc) is 3.23. The van der Waals surface area contributed by atoms with Crippen LogP contribution in [0.4, 0.5) is 24.7 Å². The predicted octanol–water partition coefficient (Wildman–Crippen LogP) is 2.81. The van der Waals surface area contributed by atoms with Crippen LogP contribution in [0.5, 0.6) is 0 Å². The monoisotopic (exact) mass is 419 g/mol. The number of halogens is 3. The van der Waals surface area contributed by atoms with Crippen LogP contribution in [0.2, 0.25) is 0 Å². The number of hydrogen-bond acceptors (Lipinski definition) is 6. The van der Waals surface area contributed by atoms with Crippen LogP contribution >= 0.6 is 0 Å². The molecule has 154 valence electrons. The first-order valence-corrected chi connectivity index (χ1v) is 8.26. The highest BCUT2D eigenvalue weighted by Gasteiger charge is 2.44. The fourth-order valence-electron chi connectivity index (χ4n) is 2.72. The van der Waals surface area contributed by atoms with E-state index in [0.29, 0.717) is 10.4 Å². The number of amides is 1. The number of alkyl halides is 3. The highest BCUT2D eigenvalue weighted by Crippen LogP contribution is 2.36. The summed E-state index contributed by atoms with van der Waals surface area (Å²) in [5.41, 5.74) is -2.79. The van der Waals surface area contributed by atoms with Gasteiger partial charge in [-0.1, -0.05) is 18.2 Å². The van der Waals surface area contributed by atoms with Crippen LogP contribution in [0, 0.1) is 28.4 Å². The maximum Gasteiger partial charge on any atom is 0.442 e. The van der Waals surface area contributed by atoms with Gasteiger partial charge in [0.25, 0.3) is 0 Å². The molecule has 13 heteroatoms. The van der Waals surface area contributed by atoms with Crippen LogP contribution in [-0.2, 0) is 17.5 Å². The molecule has 30 heavy (non-hydrogen) atoms. The molecule has 0 spiro atoms. The lowest BCUT2D eigenvalue weighted by Gasteiger charge is -2.10. The van der Waals surface area contributed by atoms with Crippen molar-refractivity contribution in [2.45, 2.75) is 19.6 Å². The normalized spacial score (nSPS) is 11.2. The lowest BCUT2D eigenvalue weighted by molar-refractivity contribution is -0.388. The Hall–Kier alpha value is -4.21. The van der Waals surface area contributed by atoms with Gasteiger partial charge in [-0.05, 0) is 19.1 Å². The van der Waals surface area contributed by atoms with Gasteiger partial charge in [0, 0.05) is 0 Å². The second-order valence-corrected chi connectivity index (χ2v) is 6.01. The number of carbonyl (C=O) groups is 1. The van der Waals surface area contributed by atoms with E-state index in [2.05, 4.69) is 15.5 Å². The molecule has 0 atom stereocenters. The van der Waals surface area contributed by atoms with Crippen molar-refractivity contribution in [3.8, 4) is 11.8 Å². The average molecular weight is 419 g/mol. The van der Waals surface area contributed by atoms with E-state index in [1.807, 2.05) is 6.07 Å². The minimum absolute atomic E-state index is 0.00375. The molecule has 0 aliphatic heterocycles. The van der Waals surface area contributed by atoms with E-state index >= 15 is 0 Å². The zero-order chi connectivity index (χ0) is 22.1. The number of nitrogens with zero attached hydrogens (tertiary/aromatic N) is 6. The van der Waals surface area contributed by atoms with E-state index in [9.17, 15) is 33.3 Å². The molecular weight excluding hydrogens is 407 g/mol. The van der Waals surface area contributed by atoms with Gasteiger partial charge in [0.1, 0.15) is 23.9 Å². The Morgan fingerprint density at radius 2 is 2.00 bits per heavy atom. The molecule has 10 nitrogen and oxygen atoms in total. The largest absolute Gasteiger partial charge is 0.442 e. The molecule has 0 aliphatic carbocycles. The number of aromatic nitrogens is 4. The Balaban J connectivity index is 1.92. The summed E-state index contributed by atoms with van der Waals surface area (Å²) in [6.45, 7) is 0.316. The zero-order valence-electron chi connectivity index (χ0n) is 15.2. The van der Waals surface area contributed by atoms with Crippen LogP contribution in [0.3, 0.4) is 0 Å². The van der Waals surface area contributed by atoms with Crippen molar-refractivity contribution < 1.29 is 22.9 Å². The van der Waals surface area contributed by atoms with Crippen molar-refractivity contribution >= 4 is 17.4 Å². The first-order chi connectivity index (χ1) is 14.1. The quantitative estimate of drug-likeness (QED) is 0.500. The number of nitriles is 1. The zero-order valence-corrected chi connectivity index (χ0v) is 15.2. The van der Waals surface area contributed by atoms with Crippen LogP contribution in [0.25, 0.3) is 5.69 Å². The Labute approximate surface area is 166 Å². The van der Waals surface area contributed by atoms with Crippen molar-refractivity contribution in [3.63, 3.8) is 0 Å². The number of hydrogen-bond donors (Lipinski definition) is 1. The summed E-state index contributed by atoms with van der Waals surface area (Å²) in [6, 6.07) is 10.4. The van der Waals surface area contributed by atoms with E-state index in [1.54, 1.807) is 30.3 Å². The van der Waals surface area contributed by atoms with Crippen molar-refractivity contribution in [2.75, 3.05) is 5.32 Å². The number of rotatable bonds is 5. The van der Waals surface area contributed by atoms with Gasteiger partial charge >= 0.3 is 11.9 Å². The molecule has 0 saturated heterocycles. The number of nitrogens with one attached hydrogen (secondary N) is 1. The van der Waals surface area contributed by atoms with E-state index in [4.69, 9.17) is 0 Å². The second-order valence-electron chi connectivity index (χ2n) is 6.01. The highest BCUT2D eigenvalue weighted by molar-refractivity contribution is 5.91. The van der Waals surface area contributed by atoms with Gasteiger partial charge in [0.15, 0.2) is 5.82 Å². The third-order valence-corrected chi connectivity index (χ3v) is 4.07. The standard InChI is InChI=1S/C17H12F3N7O3/c1-10-14(27(29)30)15(17(18,19)20)24-25(10)9-13(28)23-16-11(7-21)8-22-26(16)12-5-3-2-4-6-12/h2-6,8H,9H2,1H3,(H,23,28). The Bertz CT molecular complexity index is 1160. The van der Waals surface area contributed by atoms with Gasteiger partial charge in [-0.25, -0.2) is 4.68 Å². The topological polar surface area (TPSA) is 132 Å². The highest BCUT2D eigenvalue weighted by atomic mass is 19.4. The first kappa shape index (κ1) is 20.5. The van der Waals surface area contributed by atoms with Crippen LogP contribution in [-0.4, -0.2) is 30.4 Å². The molecule has 0 unspecified atom stereocenters. The van der Waals surface area contributed by atoms with E-state index < -0.39 is 40.6 Å². The number of carbonyl (C=O) groups excluding carboxylic acids is 1. The van der Waals surface area contributed by atoms with Crippen molar-refractivity contribution in [1.82, 2.24) is 19.6 Å². The molecule has 1 aromatic carbocycles. The molecule has 0 saturated carbocycles. The van der Waals surface area contributed by atoms with Crippen LogP contribution < -0.4 is 5.32 Å². The van der Waals surface area contributed by atoms with Crippen molar-refractivity contribution in [2.24, 2.45) is 0 Å². The Morgan fingerprint density at radius 3 is 2.53 bits per heavy atom. The van der Waals surface area contributed by atoms with Crippen LogP contribution in [0.15, 0.2) is 36.5 Å². The smallest absolute Gasteiger partial charge is 0.308 e. The fourth-order valence-corrected chi connectivity index (χ4v) is 2.72. The SMILES string of the molecule is Cc1c([N+](=O)[O-])c(C(F)(F)F)nn1CC(=O)Nc1c(C#N)cnn1-c1ccccc1. The predicted molar refractivity (Wildman–Crippen MR) is 95.5 cm³/mol. The minimum atomic E-state index is -5.06. The molecule has 3 rings (SSSR count). The third-order valence-electron chi connectivity index (χ3n) is 4.07. The van der Waals surface area contributed by atoms with Gasteiger partial charge in [-0.15, -0.1) is 0 Å². The Morgan fingerprint density at radius 1 is 1.33 bits per heavy atom. The van der Waals surface area contributed by atoms with Gasteiger partial charge in [-0.2, -0.15) is 28.6 Å². The lowest BCUT2D eigenvalue weighted by Crippen LogP contribution is -2.22. The molecule has 0 fully saturated rings. The molecule has 1 amide bonds. The summed E-state index contributed by atoms with van der Waals surface area (Å²) < 4.78 is 41.0. The molecule has 2 aromatic heterocycles. The molecule has 0 aliphatic rings. The maximum atomic E-state index is 13.1. The van der Waals surface area contributed by atoms with Crippen LogP contribution in [0.1, 0.15) is 17.0 Å². The molecule has 3 aromatic rings. The summed E-state index contributed by atoms with van der Waals surface area (Å²) in [5, 5.41) is 29.9. The van der Waals surface area contributed by atoms with Gasteiger partial charge in [0.05, 0.1) is 16.8 Å². The van der Waals surface area contributed by atoms with Gasteiger partial charge < -0.3 is 5.32 Å². The number of benzene rings is 1. The number of anilines is 1. The van der Waals surface area contributed by atoms with Crippen molar-refractivity contribution in [3.05, 3.63) is 63.6 Å². The third kappa shape index (κ3) is 3.83. The summed E-state index contributed by atoms with van der Waals surface area (Å²) in [6.07, 6.45) is -3.84. The summed E-state index contributed by atoms with van der Waals surface area (Å²) in [7, 11) is 0. The van der Waals surface area contributed by atoms with Gasteiger partial charge in [-0.3, -0.25) is 19.6 Å². The lowest BCUT2D eigenvalue weighted by atomic mass is 10.3. The maximum absolute atomic E-state index is 13.1. The first-order valence-electron chi connectivity index (χ1n) is 8.26. The molecular formula is C17H12F3N7O3. The van der Waals surface area contributed by atoms with Crippen molar-refractivity contribution in [1.29, 1.82) is 5.26 Å².